The number of fused-ring (bicyclic) bond motifs is 7. The summed E-state index contributed by atoms with van der Waals surface area (Å²) in [5.74, 6) is 1.91. The van der Waals surface area contributed by atoms with E-state index in [1.807, 2.05) is 0 Å². The van der Waals surface area contributed by atoms with E-state index in [2.05, 4.69) is 197 Å². The van der Waals surface area contributed by atoms with Gasteiger partial charge in [-0.1, -0.05) is 115 Å². The van der Waals surface area contributed by atoms with Crippen molar-refractivity contribution < 1.29 is 0 Å². The molecule has 0 aliphatic rings. The molecule has 0 saturated carbocycles. The van der Waals surface area contributed by atoms with Gasteiger partial charge in [-0.3, -0.25) is 0 Å². The molecule has 0 N–H and O–H groups in total. The number of para-hydroxylation sites is 4. The summed E-state index contributed by atoms with van der Waals surface area (Å²) >= 11 is 0. The average Bonchev–Trinajstić information content (AvgIpc) is 3.76. The molecule has 0 fully saturated rings. The van der Waals surface area contributed by atoms with Crippen LogP contribution in [0.4, 0.5) is 0 Å². The molecule has 54 heavy (non-hydrogen) atoms. The molecule has 0 aliphatic heterocycles. The van der Waals surface area contributed by atoms with Crippen LogP contribution in [0, 0.1) is 0 Å². The first-order chi connectivity index (χ1) is 26.8. The van der Waals surface area contributed by atoms with E-state index >= 15 is 0 Å². The smallest absolute Gasteiger partial charge is 0.164 e. The summed E-state index contributed by atoms with van der Waals surface area (Å²) in [6, 6.07) is 66.1. The Hall–Kier alpha value is -7.37. The average molecular weight is 690 g/mol. The van der Waals surface area contributed by atoms with Crippen molar-refractivity contribution >= 4 is 54.4 Å². The molecule has 0 bridgehead atoms. The maximum atomic E-state index is 5.25. The fourth-order valence-corrected chi connectivity index (χ4v) is 8.11. The minimum absolute atomic E-state index is 0.633. The highest BCUT2D eigenvalue weighted by atomic mass is 15.0. The van der Waals surface area contributed by atoms with Gasteiger partial charge in [-0.05, 0) is 83.6 Å². The van der Waals surface area contributed by atoms with Gasteiger partial charge in [0.05, 0.1) is 22.1 Å². The SMILES string of the molecule is c1ccc(-n2c3ccccc3c3cc(-c4nc(-c5ccc6c(c5)c5ccccc5n6-c5ccccc5)nc(-c5cccc6ccccc56)n4)ccc32)cc1. The Balaban J connectivity index is 1.15. The fraction of sp³-hybridized carbons (Fsp3) is 0. The second-order valence-electron chi connectivity index (χ2n) is 13.7. The van der Waals surface area contributed by atoms with Crippen molar-refractivity contribution in [1.29, 1.82) is 0 Å². The van der Waals surface area contributed by atoms with E-state index in [0.717, 1.165) is 71.7 Å². The summed E-state index contributed by atoms with van der Waals surface area (Å²) in [5, 5.41) is 6.91. The van der Waals surface area contributed by atoms with E-state index in [4.69, 9.17) is 15.0 Å². The van der Waals surface area contributed by atoms with E-state index in [1.54, 1.807) is 0 Å². The summed E-state index contributed by atoms with van der Waals surface area (Å²) in [5.41, 5.74) is 9.68. The van der Waals surface area contributed by atoms with Crippen molar-refractivity contribution in [3.8, 4) is 45.5 Å². The topological polar surface area (TPSA) is 48.5 Å². The molecule has 0 atom stereocenters. The van der Waals surface area contributed by atoms with Gasteiger partial charge in [-0.2, -0.15) is 0 Å². The normalized spacial score (nSPS) is 11.7. The van der Waals surface area contributed by atoms with Gasteiger partial charge in [0.25, 0.3) is 0 Å². The number of rotatable bonds is 5. The molecule has 8 aromatic carbocycles. The van der Waals surface area contributed by atoms with Gasteiger partial charge in [-0.25, -0.2) is 15.0 Å². The zero-order valence-electron chi connectivity index (χ0n) is 29.1. The first kappa shape index (κ1) is 30.3. The fourth-order valence-electron chi connectivity index (χ4n) is 8.11. The Morgan fingerprint density at radius 3 is 1.28 bits per heavy atom. The molecule has 5 nitrogen and oxygen atoms in total. The summed E-state index contributed by atoms with van der Waals surface area (Å²) < 4.78 is 4.66. The molecule has 11 aromatic rings. The zero-order valence-corrected chi connectivity index (χ0v) is 29.1. The number of benzene rings is 8. The van der Waals surface area contributed by atoms with Crippen molar-refractivity contribution in [3.05, 3.63) is 188 Å². The van der Waals surface area contributed by atoms with Crippen molar-refractivity contribution in [2.24, 2.45) is 0 Å². The lowest BCUT2D eigenvalue weighted by atomic mass is 10.0. The van der Waals surface area contributed by atoms with Gasteiger partial charge < -0.3 is 9.13 Å². The largest absolute Gasteiger partial charge is 0.309 e. The summed E-state index contributed by atoms with van der Waals surface area (Å²) in [7, 11) is 0. The van der Waals surface area contributed by atoms with Gasteiger partial charge in [0.2, 0.25) is 0 Å². The molecule has 0 aliphatic carbocycles. The number of nitrogens with zero attached hydrogens (tertiary/aromatic N) is 5. The van der Waals surface area contributed by atoms with Crippen LogP contribution in [0.1, 0.15) is 0 Å². The Morgan fingerprint density at radius 1 is 0.296 bits per heavy atom. The molecular weight excluding hydrogens is 659 g/mol. The summed E-state index contributed by atoms with van der Waals surface area (Å²) in [4.78, 5) is 15.7. The maximum Gasteiger partial charge on any atom is 0.164 e. The monoisotopic (exact) mass is 689 g/mol. The summed E-state index contributed by atoms with van der Waals surface area (Å²) in [6.45, 7) is 0. The zero-order chi connectivity index (χ0) is 35.6. The Kier molecular flexibility index (Phi) is 6.79. The molecule has 0 saturated heterocycles. The predicted octanol–water partition coefficient (Wildman–Crippen LogP) is 12.2. The van der Waals surface area contributed by atoms with Gasteiger partial charge in [-0.15, -0.1) is 0 Å². The Bertz CT molecular complexity index is 3030. The third-order valence-corrected chi connectivity index (χ3v) is 10.6. The molecule has 3 heterocycles. The lowest BCUT2D eigenvalue weighted by molar-refractivity contribution is 1.08. The van der Waals surface area contributed by atoms with Gasteiger partial charge in [0.1, 0.15) is 0 Å². The van der Waals surface area contributed by atoms with E-state index in [1.165, 1.54) is 10.8 Å². The summed E-state index contributed by atoms with van der Waals surface area (Å²) in [6.07, 6.45) is 0. The Morgan fingerprint density at radius 2 is 0.722 bits per heavy atom. The molecule has 11 rings (SSSR count). The van der Waals surface area contributed by atoms with Crippen LogP contribution in [0.2, 0.25) is 0 Å². The van der Waals surface area contributed by atoms with Crippen LogP contribution in [0.15, 0.2) is 188 Å². The second-order valence-corrected chi connectivity index (χ2v) is 13.7. The second kappa shape index (κ2) is 12.1. The van der Waals surface area contributed by atoms with Crippen molar-refractivity contribution in [2.75, 3.05) is 0 Å². The molecule has 0 amide bonds. The molecule has 3 aromatic heterocycles. The van der Waals surface area contributed by atoms with Crippen LogP contribution in [0.3, 0.4) is 0 Å². The molecule has 0 unspecified atom stereocenters. The highest BCUT2D eigenvalue weighted by molar-refractivity contribution is 6.11. The van der Waals surface area contributed by atoms with Gasteiger partial charge >= 0.3 is 0 Å². The van der Waals surface area contributed by atoms with E-state index < -0.39 is 0 Å². The third kappa shape index (κ3) is 4.76. The molecular formula is C49H31N5. The van der Waals surface area contributed by atoms with E-state index in [0.29, 0.717) is 17.5 Å². The van der Waals surface area contributed by atoms with Crippen LogP contribution in [0.25, 0.3) is 99.9 Å². The van der Waals surface area contributed by atoms with Crippen molar-refractivity contribution in [2.45, 2.75) is 0 Å². The lowest BCUT2D eigenvalue weighted by Gasteiger charge is -2.11. The van der Waals surface area contributed by atoms with Gasteiger partial charge in [0, 0.05) is 49.6 Å². The number of hydrogen-bond donors (Lipinski definition) is 0. The predicted molar refractivity (Wildman–Crippen MR) is 222 cm³/mol. The minimum atomic E-state index is 0.633. The number of hydrogen-bond acceptors (Lipinski definition) is 3. The molecule has 252 valence electrons. The van der Waals surface area contributed by atoms with Crippen molar-refractivity contribution in [1.82, 2.24) is 24.1 Å². The van der Waals surface area contributed by atoms with Crippen LogP contribution in [0.5, 0.6) is 0 Å². The Labute approximate surface area is 311 Å². The third-order valence-electron chi connectivity index (χ3n) is 10.6. The first-order valence-corrected chi connectivity index (χ1v) is 18.2. The van der Waals surface area contributed by atoms with Crippen molar-refractivity contribution in [3.63, 3.8) is 0 Å². The molecule has 0 spiro atoms. The quantitative estimate of drug-likeness (QED) is 0.181. The molecule has 0 radical (unpaired) electrons. The molecule has 5 heteroatoms. The van der Waals surface area contributed by atoms with E-state index in [-0.39, 0.29) is 0 Å². The minimum Gasteiger partial charge on any atom is -0.309 e. The van der Waals surface area contributed by atoms with Crippen LogP contribution >= 0.6 is 0 Å². The highest BCUT2D eigenvalue weighted by Gasteiger charge is 2.19. The first-order valence-electron chi connectivity index (χ1n) is 18.2. The number of aromatic nitrogens is 5. The van der Waals surface area contributed by atoms with E-state index in [9.17, 15) is 0 Å². The maximum absolute atomic E-state index is 5.25. The standard InChI is InChI=1S/C49H31N5/c1-3-16-35(17-4-1)53-43-24-11-9-21-38(43)41-30-33(26-28-45(41)53)47-50-48(52-49(51-47)40-23-13-15-32-14-7-8-20-37(32)40)34-27-29-46-42(31-34)39-22-10-12-25-44(39)54(46)36-18-5-2-6-19-36/h1-31H. The lowest BCUT2D eigenvalue weighted by Crippen LogP contribution is -2.01. The van der Waals surface area contributed by atoms with Crippen LogP contribution in [-0.4, -0.2) is 24.1 Å². The highest BCUT2D eigenvalue weighted by Crippen LogP contribution is 2.38. The van der Waals surface area contributed by atoms with Crippen LogP contribution in [-0.2, 0) is 0 Å². The van der Waals surface area contributed by atoms with Crippen LogP contribution < -0.4 is 0 Å². The van der Waals surface area contributed by atoms with Gasteiger partial charge in [0.15, 0.2) is 17.5 Å².